The van der Waals surface area contributed by atoms with E-state index < -0.39 is 0 Å². The number of para-hydroxylation sites is 1. The minimum Gasteiger partial charge on any atom is -0.379 e. The van der Waals surface area contributed by atoms with Crippen molar-refractivity contribution in [3.05, 3.63) is 29.0 Å². The van der Waals surface area contributed by atoms with Crippen molar-refractivity contribution in [2.75, 3.05) is 7.11 Å². The number of halogens is 2. The number of ether oxygens (including phenoxy) is 1. The standard InChI is InChI=1S/C15H18Cl2N2O/c1-9(16)15-18-14-10(17)5-3-7-12(14)19(15)11-6-4-8-13(11)20-2/h3,5,7,9,11,13H,4,6,8H2,1-2H3. The van der Waals surface area contributed by atoms with Gasteiger partial charge in [0.2, 0.25) is 0 Å². The second-order valence-electron chi connectivity index (χ2n) is 5.34. The summed E-state index contributed by atoms with van der Waals surface area (Å²) >= 11 is 12.6. The smallest absolute Gasteiger partial charge is 0.128 e. The number of alkyl halides is 1. The zero-order valence-corrected chi connectivity index (χ0v) is 13.2. The van der Waals surface area contributed by atoms with Gasteiger partial charge in [-0.3, -0.25) is 0 Å². The van der Waals surface area contributed by atoms with E-state index in [0.717, 1.165) is 29.7 Å². The summed E-state index contributed by atoms with van der Waals surface area (Å²) in [6, 6.07) is 6.18. The van der Waals surface area contributed by atoms with E-state index in [1.165, 1.54) is 6.42 Å². The Balaban J connectivity index is 2.21. The molecule has 3 rings (SSSR count). The Morgan fingerprint density at radius 2 is 2.20 bits per heavy atom. The third-order valence-electron chi connectivity index (χ3n) is 4.11. The number of hydrogen-bond donors (Lipinski definition) is 0. The summed E-state index contributed by atoms with van der Waals surface area (Å²) in [5, 5.41) is 0.517. The van der Waals surface area contributed by atoms with Crippen molar-refractivity contribution in [2.24, 2.45) is 0 Å². The third kappa shape index (κ3) is 2.22. The highest BCUT2D eigenvalue weighted by Crippen LogP contribution is 2.39. The Hall–Kier alpha value is -0.770. The molecule has 5 heteroatoms. The molecule has 0 bridgehead atoms. The lowest BCUT2D eigenvalue weighted by atomic mass is 10.2. The maximum absolute atomic E-state index is 6.33. The van der Waals surface area contributed by atoms with Crippen molar-refractivity contribution in [1.29, 1.82) is 0 Å². The van der Waals surface area contributed by atoms with Crippen LogP contribution in [0.5, 0.6) is 0 Å². The van der Waals surface area contributed by atoms with Crippen molar-refractivity contribution >= 4 is 34.2 Å². The first-order valence-electron chi connectivity index (χ1n) is 6.96. The molecule has 3 nitrogen and oxygen atoms in total. The molecule has 0 radical (unpaired) electrons. The molecule has 0 N–H and O–H groups in total. The Morgan fingerprint density at radius 1 is 1.40 bits per heavy atom. The van der Waals surface area contributed by atoms with E-state index in [9.17, 15) is 0 Å². The molecule has 20 heavy (non-hydrogen) atoms. The van der Waals surface area contributed by atoms with E-state index in [1.54, 1.807) is 7.11 Å². The van der Waals surface area contributed by atoms with E-state index in [1.807, 2.05) is 19.1 Å². The molecular weight excluding hydrogens is 295 g/mol. The Morgan fingerprint density at radius 3 is 2.90 bits per heavy atom. The molecule has 1 aromatic carbocycles. The van der Waals surface area contributed by atoms with Crippen LogP contribution in [-0.4, -0.2) is 22.8 Å². The fourth-order valence-electron chi connectivity index (χ4n) is 3.21. The normalized spacial score (nSPS) is 24.4. The molecule has 1 aromatic heterocycles. The van der Waals surface area contributed by atoms with Gasteiger partial charge >= 0.3 is 0 Å². The van der Waals surface area contributed by atoms with Crippen molar-refractivity contribution in [3.63, 3.8) is 0 Å². The van der Waals surface area contributed by atoms with Gasteiger partial charge in [0.25, 0.3) is 0 Å². The topological polar surface area (TPSA) is 27.1 Å². The van der Waals surface area contributed by atoms with Crippen LogP contribution in [0.1, 0.15) is 43.4 Å². The third-order valence-corrected chi connectivity index (χ3v) is 4.61. The van der Waals surface area contributed by atoms with Crippen molar-refractivity contribution < 1.29 is 4.74 Å². The molecule has 0 aliphatic heterocycles. The SMILES string of the molecule is COC1CCCC1n1c(C(C)Cl)nc2c(Cl)cccc21. The lowest BCUT2D eigenvalue weighted by Crippen LogP contribution is -2.22. The highest BCUT2D eigenvalue weighted by Gasteiger charge is 2.32. The molecule has 0 amide bonds. The molecule has 1 aliphatic rings. The van der Waals surface area contributed by atoms with Gasteiger partial charge in [-0.2, -0.15) is 0 Å². The summed E-state index contributed by atoms with van der Waals surface area (Å²) in [5.74, 6) is 0.878. The minimum atomic E-state index is -0.156. The fourth-order valence-corrected chi connectivity index (χ4v) is 3.57. The highest BCUT2D eigenvalue weighted by atomic mass is 35.5. The van der Waals surface area contributed by atoms with Crippen molar-refractivity contribution in [1.82, 2.24) is 9.55 Å². The molecule has 3 unspecified atom stereocenters. The van der Waals surface area contributed by atoms with Crippen LogP contribution < -0.4 is 0 Å². The van der Waals surface area contributed by atoms with Gasteiger partial charge in [-0.05, 0) is 38.3 Å². The van der Waals surface area contributed by atoms with Crippen LogP contribution in [0.15, 0.2) is 18.2 Å². The average Bonchev–Trinajstić information content (AvgIpc) is 3.01. The number of methoxy groups -OCH3 is 1. The lowest BCUT2D eigenvalue weighted by Gasteiger charge is -2.23. The average molecular weight is 313 g/mol. The summed E-state index contributed by atoms with van der Waals surface area (Å²) in [6.07, 6.45) is 3.56. The summed E-state index contributed by atoms with van der Waals surface area (Å²) in [4.78, 5) is 4.67. The number of benzene rings is 1. The Bertz CT molecular complexity index is 624. The van der Waals surface area contributed by atoms with E-state index >= 15 is 0 Å². The molecule has 0 saturated heterocycles. The second-order valence-corrected chi connectivity index (χ2v) is 6.40. The molecular formula is C15H18Cl2N2O. The first-order valence-corrected chi connectivity index (χ1v) is 7.78. The maximum atomic E-state index is 6.33. The van der Waals surface area contributed by atoms with Crippen molar-refractivity contribution in [2.45, 2.75) is 43.7 Å². The molecule has 1 fully saturated rings. The van der Waals surface area contributed by atoms with E-state index in [4.69, 9.17) is 27.9 Å². The Labute approximate surface area is 128 Å². The number of rotatable bonds is 3. The van der Waals surface area contributed by atoms with Crippen LogP contribution in [0, 0.1) is 0 Å². The number of hydrogen-bond acceptors (Lipinski definition) is 2. The van der Waals surface area contributed by atoms with Gasteiger partial charge in [0.05, 0.1) is 28.1 Å². The number of fused-ring (bicyclic) bond motifs is 1. The van der Waals surface area contributed by atoms with Crippen LogP contribution in [-0.2, 0) is 4.74 Å². The van der Waals surface area contributed by atoms with E-state index in [-0.39, 0.29) is 11.5 Å². The molecule has 108 valence electrons. The van der Waals surface area contributed by atoms with Gasteiger partial charge in [0.1, 0.15) is 11.3 Å². The minimum absolute atomic E-state index is 0.156. The highest BCUT2D eigenvalue weighted by molar-refractivity contribution is 6.35. The number of imidazole rings is 1. The summed E-state index contributed by atoms with van der Waals surface area (Å²) in [6.45, 7) is 1.95. The largest absolute Gasteiger partial charge is 0.379 e. The van der Waals surface area contributed by atoms with Gasteiger partial charge in [-0.1, -0.05) is 17.7 Å². The second kappa shape index (κ2) is 5.55. The lowest BCUT2D eigenvalue weighted by molar-refractivity contribution is 0.0753. The predicted octanol–water partition coefficient (Wildman–Crippen LogP) is 4.73. The first kappa shape index (κ1) is 14.2. The molecule has 1 aliphatic carbocycles. The zero-order chi connectivity index (χ0) is 14.3. The zero-order valence-electron chi connectivity index (χ0n) is 11.6. The first-order chi connectivity index (χ1) is 9.63. The van der Waals surface area contributed by atoms with Gasteiger partial charge in [-0.25, -0.2) is 4.98 Å². The van der Waals surface area contributed by atoms with Gasteiger partial charge in [-0.15, -0.1) is 11.6 Å². The van der Waals surface area contributed by atoms with Crippen LogP contribution in [0.25, 0.3) is 11.0 Å². The number of nitrogens with zero attached hydrogens (tertiary/aromatic N) is 2. The quantitative estimate of drug-likeness (QED) is 0.766. The van der Waals surface area contributed by atoms with Gasteiger partial charge in [0, 0.05) is 7.11 Å². The predicted molar refractivity (Wildman–Crippen MR) is 82.7 cm³/mol. The van der Waals surface area contributed by atoms with Crippen LogP contribution >= 0.6 is 23.2 Å². The van der Waals surface area contributed by atoms with Gasteiger partial charge in [0.15, 0.2) is 0 Å². The summed E-state index contributed by atoms with van der Waals surface area (Å²) in [7, 11) is 1.78. The van der Waals surface area contributed by atoms with Crippen LogP contribution in [0.4, 0.5) is 0 Å². The molecule has 1 saturated carbocycles. The molecule has 3 atom stereocenters. The summed E-state index contributed by atoms with van der Waals surface area (Å²) in [5.41, 5.74) is 1.88. The number of aromatic nitrogens is 2. The van der Waals surface area contributed by atoms with Crippen LogP contribution in [0.2, 0.25) is 5.02 Å². The van der Waals surface area contributed by atoms with Crippen LogP contribution in [0.3, 0.4) is 0 Å². The van der Waals surface area contributed by atoms with Gasteiger partial charge < -0.3 is 9.30 Å². The molecule has 0 spiro atoms. The van der Waals surface area contributed by atoms with E-state index in [2.05, 4.69) is 15.6 Å². The van der Waals surface area contributed by atoms with E-state index in [0.29, 0.717) is 11.1 Å². The summed E-state index contributed by atoms with van der Waals surface area (Å²) < 4.78 is 7.87. The Kier molecular flexibility index (Phi) is 3.93. The molecule has 1 heterocycles. The molecule has 2 aromatic rings. The maximum Gasteiger partial charge on any atom is 0.128 e. The fraction of sp³-hybridized carbons (Fsp3) is 0.533. The monoisotopic (exact) mass is 312 g/mol. The van der Waals surface area contributed by atoms with Crippen molar-refractivity contribution in [3.8, 4) is 0 Å².